The molecular formula is C24H28N4O2S. The summed E-state index contributed by atoms with van der Waals surface area (Å²) in [6, 6.07) is 16.2. The number of aryl methyl sites for hydroxylation is 1. The number of hydrogen-bond acceptors (Lipinski definition) is 5. The maximum atomic E-state index is 12.4. The first-order valence-corrected chi connectivity index (χ1v) is 11.7. The normalized spacial score (nSPS) is 17.4. The topological polar surface area (TPSA) is 69.0 Å². The van der Waals surface area contributed by atoms with Crippen molar-refractivity contribution in [3.05, 3.63) is 65.5 Å². The van der Waals surface area contributed by atoms with Crippen LogP contribution in [0.15, 0.2) is 53.7 Å². The lowest BCUT2D eigenvalue weighted by Crippen LogP contribution is -2.14. The smallest absolute Gasteiger partial charge is 0.234 e. The van der Waals surface area contributed by atoms with Crippen LogP contribution in [0.25, 0.3) is 0 Å². The van der Waals surface area contributed by atoms with Gasteiger partial charge in [-0.05, 0) is 62.9 Å². The highest BCUT2D eigenvalue weighted by Gasteiger charge is 2.43. The Balaban J connectivity index is 1.35. The van der Waals surface area contributed by atoms with Gasteiger partial charge in [0, 0.05) is 18.2 Å². The van der Waals surface area contributed by atoms with Crippen LogP contribution in [0.4, 0.5) is 5.69 Å². The molecule has 0 aliphatic heterocycles. The third-order valence-electron chi connectivity index (χ3n) is 5.47. The van der Waals surface area contributed by atoms with E-state index in [4.69, 9.17) is 4.74 Å². The molecule has 1 aromatic heterocycles. The van der Waals surface area contributed by atoms with Gasteiger partial charge in [-0.3, -0.25) is 4.79 Å². The van der Waals surface area contributed by atoms with E-state index in [1.165, 1.54) is 22.9 Å². The van der Waals surface area contributed by atoms with Gasteiger partial charge in [-0.1, -0.05) is 41.6 Å². The van der Waals surface area contributed by atoms with E-state index < -0.39 is 0 Å². The maximum Gasteiger partial charge on any atom is 0.234 e. The highest BCUT2D eigenvalue weighted by molar-refractivity contribution is 7.99. The number of rotatable bonds is 9. The molecule has 0 radical (unpaired) electrons. The molecule has 7 heteroatoms. The molecule has 31 heavy (non-hydrogen) atoms. The van der Waals surface area contributed by atoms with Crippen LogP contribution >= 0.6 is 11.8 Å². The Morgan fingerprint density at radius 1 is 1.10 bits per heavy atom. The first-order chi connectivity index (χ1) is 15.1. The highest BCUT2D eigenvalue weighted by Crippen LogP contribution is 2.54. The molecule has 0 unspecified atom stereocenters. The molecule has 2 aromatic carbocycles. The Bertz CT molecular complexity index is 1030. The van der Waals surface area contributed by atoms with Gasteiger partial charge in [-0.2, -0.15) is 0 Å². The van der Waals surface area contributed by atoms with Crippen molar-refractivity contribution in [3.63, 3.8) is 0 Å². The summed E-state index contributed by atoms with van der Waals surface area (Å²) in [5, 5.41) is 12.6. The second kappa shape index (κ2) is 9.56. The fourth-order valence-electron chi connectivity index (χ4n) is 3.77. The number of nitrogens with zero attached hydrogens (tertiary/aromatic N) is 3. The largest absolute Gasteiger partial charge is 0.494 e. The second-order valence-corrected chi connectivity index (χ2v) is 8.68. The third-order valence-corrected chi connectivity index (χ3v) is 6.44. The van der Waals surface area contributed by atoms with Crippen molar-refractivity contribution in [1.29, 1.82) is 0 Å². The Morgan fingerprint density at radius 2 is 1.84 bits per heavy atom. The number of amides is 1. The Morgan fingerprint density at radius 3 is 2.52 bits per heavy atom. The third kappa shape index (κ3) is 5.10. The number of hydrogen-bond donors (Lipinski definition) is 1. The van der Waals surface area contributed by atoms with Crippen LogP contribution in [0, 0.1) is 6.92 Å². The zero-order valence-corrected chi connectivity index (χ0v) is 19.0. The molecule has 2 atom stereocenters. The molecule has 1 saturated carbocycles. The van der Waals surface area contributed by atoms with Crippen LogP contribution in [0.5, 0.6) is 5.75 Å². The predicted molar refractivity (Wildman–Crippen MR) is 124 cm³/mol. The first kappa shape index (κ1) is 21.4. The molecular weight excluding hydrogens is 408 g/mol. The second-order valence-electron chi connectivity index (χ2n) is 7.74. The Kier molecular flexibility index (Phi) is 6.61. The van der Waals surface area contributed by atoms with Crippen molar-refractivity contribution in [2.75, 3.05) is 17.7 Å². The van der Waals surface area contributed by atoms with Crippen molar-refractivity contribution in [1.82, 2.24) is 14.8 Å². The molecule has 1 heterocycles. The van der Waals surface area contributed by atoms with Crippen LogP contribution in [0.3, 0.4) is 0 Å². The van der Waals surface area contributed by atoms with Crippen LogP contribution in [-0.4, -0.2) is 33.0 Å². The molecule has 1 aliphatic rings. The van der Waals surface area contributed by atoms with Crippen LogP contribution in [0.2, 0.25) is 0 Å². The zero-order chi connectivity index (χ0) is 21.8. The molecule has 0 spiro atoms. The van der Waals surface area contributed by atoms with Crippen molar-refractivity contribution in [3.8, 4) is 5.75 Å². The number of anilines is 1. The number of carbonyl (C=O) groups excluding carboxylic acids is 1. The number of aromatic nitrogens is 3. The molecule has 6 nitrogen and oxygen atoms in total. The summed E-state index contributed by atoms with van der Waals surface area (Å²) in [5.41, 5.74) is 3.40. The highest BCUT2D eigenvalue weighted by atomic mass is 32.2. The minimum atomic E-state index is -0.0645. The van der Waals surface area contributed by atoms with Crippen molar-refractivity contribution in [2.45, 2.75) is 50.7 Å². The van der Waals surface area contributed by atoms with E-state index in [2.05, 4.69) is 58.2 Å². The minimum Gasteiger partial charge on any atom is -0.494 e. The molecule has 3 aromatic rings. The van der Waals surface area contributed by atoms with Crippen molar-refractivity contribution in [2.24, 2.45) is 0 Å². The zero-order valence-electron chi connectivity index (χ0n) is 18.2. The van der Waals surface area contributed by atoms with Gasteiger partial charge in [0.25, 0.3) is 0 Å². The molecule has 162 valence electrons. The lowest BCUT2D eigenvalue weighted by atomic mass is 10.1. The number of carbonyl (C=O) groups is 1. The predicted octanol–water partition coefficient (Wildman–Crippen LogP) is 5.01. The van der Waals surface area contributed by atoms with Gasteiger partial charge >= 0.3 is 0 Å². The Hall–Kier alpha value is -2.80. The molecule has 1 fully saturated rings. The van der Waals surface area contributed by atoms with E-state index in [0.29, 0.717) is 18.4 Å². The molecule has 1 amide bonds. The SMILES string of the molecule is CCOc1ccc(NC(=O)CSc2nnc([C@@H]3C[C@@H]3c3ccc(C)cc3)n2CC)cc1. The summed E-state index contributed by atoms with van der Waals surface area (Å²) >= 11 is 1.43. The maximum absolute atomic E-state index is 12.4. The lowest BCUT2D eigenvalue weighted by molar-refractivity contribution is -0.113. The van der Waals surface area contributed by atoms with Gasteiger partial charge in [0.1, 0.15) is 11.6 Å². The van der Waals surface area contributed by atoms with Crippen LogP contribution in [-0.2, 0) is 11.3 Å². The van der Waals surface area contributed by atoms with Crippen LogP contribution in [0.1, 0.15) is 49.1 Å². The number of benzene rings is 2. The molecule has 1 aliphatic carbocycles. The summed E-state index contributed by atoms with van der Waals surface area (Å²) in [4.78, 5) is 12.4. The number of ether oxygens (including phenoxy) is 1. The first-order valence-electron chi connectivity index (χ1n) is 10.7. The van der Waals surface area contributed by atoms with E-state index >= 15 is 0 Å². The summed E-state index contributed by atoms with van der Waals surface area (Å²) < 4.78 is 7.58. The van der Waals surface area contributed by atoms with Gasteiger partial charge in [0.05, 0.1) is 12.4 Å². The van der Waals surface area contributed by atoms with Gasteiger partial charge in [0.15, 0.2) is 5.16 Å². The summed E-state index contributed by atoms with van der Waals surface area (Å²) in [6.07, 6.45) is 1.10. The van der Waals surface area contributed by atoms with E-state index in [-0.39, 0.29) is 11.7 Å². The van der Waals surface area contributed by atoms with Gasteiger partial charge in [-0.15, -0.1) is 10.2 Å². The Labute approximate surface area is 187 Å². The summed E-state index contributed by atoms with van der Waals surface area (Å²) in [6.45, 7) is 7.56. The molecule has 0 saturated heterocycles. The van der Waals surface area contributed by atoms with Gasteiger partial charge in [-0.25, -0.2) is 0 Å². The number of nitrogens with one attached hydrogen (secondary N) is 1. The lowest BCUT2D eigenvalue weighted by Gasteiger charge is -2.08. The summed E-state index contributed by atoms with van der Waals surface area (Å²) in [7, 11) is 0. The van der Waals surface area contributed by atoms with E-state index in [9.17, 15) is 4.79 Å². The minimum absolute atomic E-state index is 0.0645. The van der Waals surface area contributed by atoms with E-state index in [0.717, 1.165) is 35.4 Å². The van der Waals surface area contributed by atoms with Gasteiger partial charge in [0.2, 0.25) is 5.91 Å². The van der Waals surface area contributed by atoms with E-state index in [1.807, 2.05) is 31.2 Å². The quantitative estimate of drug-likeness (QED) is 0.478. The van der Waals surface area contributed by atoms with Crippen molar-refractivity contribution >= 4 is 23.4 Å². The van der Waals surface area contributed by atoms with Crippen LogP contribution < -0.4 is 10.1 Å². The number of thioether (sulfide) groups is 1. The fraction of sp³-hybridized carbons (Fsp3) is 0.375. The molecule has 1 N–H and O–H groups in total. The fourth-order valence-corrected chi connectivity index (χ4v) is 4.58. The van der Waals surface area contributed by atoms with E-state index in [1.54, 1.807) is 0 Å². The summed E-state index contributed by atoms with van der Waals surface area (Å²) in [5.74, 6) is 2.96. The van der Waals surface area contributed by atoms with Gasteiger partial charge < -0.3 is 14.6 Å². The monoisotopic (exact) mass is 436 g/mol. The van der Waals surface area contributed by atoms with Crippen molar-refractivity contribution < 1.29 is 9.53 Å². The molecule has 0 bridgehead atoms. The average Bonchev–Trinajstić information content (AvgIpc) is 3.46. The average molecular weight is 437 g/mol. The standard InChI is InChI=1S/C24H28N4O2S/c1-4-28-23(21-14-20(21)17-8-6-16(3)7-9-17)26-27-24(28)31-15-22(29)25-18-10-12-19(13-11-18)30-5-2/h6-13,20-21H,4-5,14-15H2,1-3H3,(H,25,29)/t20-,21-/m1/s1. The molecule has 4 rings (SSSR count).